The van der Waals surface area contributed by atoms with Crippen molar-refractivity contribution >= 4 is 11.9 Å². The van der Waals surface area contributed by atoms with Crippen molar-refractivity contribution in [1.29, 1.82) is 0 Å². The molecule has 2 aliphatic rings. The van der Waals surface area contributed by atoms with Crippen LogP contribution in [0.15, 0.2) is 18.2 Å². The van der Waals surface area contributed by atoms with Crippen LogP contribution in [0.2, 0.25) is 0 Å². The number of carbonyl (C=O) groups excluding carboxylic acids is 1. The van der Waals surface area contributed by atoms with E-state index in [1.54, 1.807) is 0 Å². The standard InChI is InChI=1S/C25H38N2O5/c1-4-7-12-26(13-8-5-2)23(28)16-27-15-19(24(25(29)30)20(27)9-6-3)18-10-11-21-22(14-18)32-17-31-21/h10-11,14,19-20,24H,4-9,12-13,15-17H2,1-3H3,(H,29,30)/t19?,20-,24+/m1/s1. The van der Waals surface area contributed by atoms with Crippen LogP contribution in [0, 0.1) is 5.92 Å². The number of aliphatic carboxylic acids is 1. The largest absolute Gasteiger partial charge is 0.481 e. The van der Waals surface area contributed by atoms with E-state index in [-0.39, 0.29) is 31.2 Å². The summed E-state index contributed by atoms with van der Waals surface area (Å²) in [6, 6.07) is 5.55. The molecule has 1 aromatic carbocycles. The Kier molecular flexibility index (Phi) is 8.79. The Bertz CT molecular complexity index is 776. The first-order valence-corrected chi connectivity index (χ1v) is 12.1. The van der Waals surface area contributed by atoms with E-state index in [1.807, 2.05) is 23.1 Å². The summed E-state index contributed by atoms with van der Waals surface area (Å²) in [6.45, 7) is 8.91. The molecule has 1 fully saturated rings. The van der Waals surface area contributed by atoms with Gasteiger partial charge in [0.25, 0.3) is 0 Å². The van der Waals surface area contributed by atoms with Crippen LogP contribution in [0.4, 0.5) is 0 Å². The molecule has 7 nitrogen and oxygen atoms in total. The molecule has 0 saturated carbocycles. The molecular formula is C25H38N2O5. The number of carbonyl (C=O) groups is 2. The van der Waals surface area contributed by atoms with Crippen LogP contribution < -0.4 is 9.47 Å². The molecule has 0 aliphatic carbocycles. The maximum atomic E-state index is 13.2. The van der Waals surface area contributed by atoms with Crippen molar-refractivity contribution in [1.82, 2.24) is 9.80 Å². The molecule has 1 saturated heterocycles. The van der Waals surface area contributed by atoms with E-state index < -0.39 is 11.9 Å². The lowest BCUT2D eigenvalue weighted by molar-refractivity contribution is -0.143. The van der Waals surface area contributed by atoms with Gasteiger partial charge in [-0.05, 0) is 37.0 Å². The van der Waals surface area contributed by atoms with Gasteiger partial charge < -0.3 is 19.5 Å². The molecule has 0 aromatic heterocycles. The van der Waals surface area contributed by atoms with E-state index in [4.69, 9.17) is 9.47 Å². The van der Waals surface area contributed by atoms with Crippen LogP contribution in [0.3, 0.4) is 0 Å². The molecular weight excluding hydrogens is 408 g/mol. The first-order valence-electron chi connectivity index (χ1n) is 12.1. The molecule has 3 rings (SSSR count). The maximum Gasteiger partial charge on any atom is 0.308 e. The lowest BCUT2D eigenvalue weighted by atomic mass is 9.84. The Morgan fingerprint density at radius 1 is 1.06 bits per heavy atom. The monoisotopic (exact) mass is 446 g/mol. The van der Waals surface area contributed by atoms with Crippen molar-refractivity contribution in [2.24, 2.45) is 5.92 Å². The number of likely N-dealkylation sites (tertiary alicyclic amines) is 1. The van der Waals surface area contributed by atoms with E-state index in [0.29, 0.717) is 18.0 Å². The normalized spacial score (nSPS) is 22.3. The van der Waals surface area contributed by atoms with Crippen molar-refractivity contribution in [3.8, 4) is 11.5 Å². The number of hydrogen-bond donors (Lipinski definition) is 1. The van der Waals surface area contributed by atoms with Crippen molar-refractivity contribution in [2.45, 2.75) is 71.3 Å². The van der Waals surface area contributed by atoms with Crippen LogP contribution in [0.1, 0.15) is 70.8 Å². The summed E-state index contributed by atoms with van der Waals surface area (Å²) in [5.41, 5.74) is 0.937. The highest BCUT2D eigenvalue weighted by Crippen LogP contribution is 2.42. The molecule has 178 valence electrons. The van der Waals surface area contributed by atoms with Crippen LogP contribution in [0.5, 0.6) is 11.5 Å². The van der Waals surface area contributed by atoms with E-state index in [0.717, 1.165) is 57.2 Å². The van der Waals surface area contributed by atoms with Gasteiger partial charge in [0.2, 0.25) is 12.7 Å². The molecule has 7 heteroatoms. The number of rotatable bonds is 12. The predicted molar refractivity (Wildman–Crippen MR) is 123 cm³/mol. The number of hydrogen-bond acceptors (Lipinski definition) is 5. The van der Waals surface area contributed by atoms with Crippen molar-refractivity contribution in [3.63, 3.8) is 0 Å². The lowest BCUT2D eigenvalue weighted by Gasteiger charge is -2.29. The third kappa shape index (κ3) is 5.55. The summed E-state index contributed by atoms with van der Waals surface area (Å²) in [6.07, 6.45) is 5.71. The van der Waals surface area contributed by atoms with Crippen molar-refractivity contribution in [2.75, 3.05) is 33.0 Å². The van der Waals surface area contributed by atoms with Crippen molar-refractivity contribution < 1.29 is 24.2 Å². The number of fused-ring (bicyclic) bond motifs is 1. The van der Waals surface area contributed by atoms with E-state index >= 15 is 0 Å². The molecule has 3 atom stereocenters. The van der Waals surface area contributed by atoms with E-state index in [9.17, 15) is 14.7 Å². The highest BCUT2D eigenvalue weighted by atomic mass is 16.7. The number of unbranched alkanes of at least 4 members (excludes halogenated alkanes) is 2. The summed E-state index contributed by atoms with van der Waals surface area (Å²) < 4.78 is 10.9. The van der Waals surface area contributed by atoms with Crippen molar-refractivity contribution in [3.05, 3.63) is 23.8 Å². The van der Waals surface area contributed by atoms with Gasteiger partial charge in [0.05, 0.1) is 12.5 Å². The van der Waals surface area contributed by atoms with Crippen LogP contribution in [-0.2, 0) is 9.59 Å². The minimum Gasteiger partial charge on any atom is -0.481 e. The molecule has 0 radical (unpaired) electrons. The van der Waals surface area contributed by atoms with Gasteiger partial charge in [0, 0.05) is 31.6 Å². The van der Waals surface area contributed by atoms with Gasteiger partial charge in [0.1, 0.15) is 0 Å². The SMILES string of the molecule is CCCCN(CCCC)C(=O)CN1CC(c2ccc3c(c2)OCO3)[C@H](C(=O)O)[C@H]1CCC. The maximum absolute atomic E-state index is 13.2. The lowest BCUT2D eigenvalue weighted by Crippen LogP contribution is -2.44. The smallest absolute Gasteiger partial charge is 0.308 e. The number of nitrogens with zero attached hydrogens (tertiary/aromatic N) is 2. The van der Waals surface area contributed by atoms with Gasteiger partial charge in [-0.3, -0.25) is 14.5 Å². The highest BCUT2D eigenvalue weighted by molar-refractivity contribution is 5.79. The minimum absolute atomic E-state index is 0.114. The molecule has 2 heterocycles. The molecule has 1 unspecified atom stereocenters. The fourth-order valence-corrected chi connectivity index (χ4v) is 4.96. The van der Waals surface area contributed by atoms with Crippen LogP contribution in [0.25, 0.3) is 0 Å². The fraction of sp³-hybridized carbons (Fsp3) is 0.680. The molecule has 0 spiro atoms. The van der Waals surface area contributed by atoms with E-state index in [1.165, 1.54) is 0 Å². The quantitative estimate of drug-likeness (QED) is 0.520. The number of carboxylic acids is 1. The summed E-state index contributed by atoms with van der Waals surface area (Å²) >= 11 is 0. The van der Waals surface area contributed by atoms with Gasteiger partial charge in [-0.15, -0.1) is 0 Å². The Labute approximate surface area is 191 Å². The van der Waals surface area contributed by atoms with Crippen LogP contribution >= 0.6 is 0 Å². The summed E-state index contributed by atoms with van der Waals surface area (Å²) in [5.74, 6) is -0.0657. The minimum atomic E-state index is -0.796. The predicted octanol–water partition coefficient (Wildman–Crippen LogP) is 4.11. The highest BCUT2D eigenvalue weighted by Gasteiger charge is 2.47. The fourth-order valence-electron chi connectivity index (χ4n) is 4.96. The molecule has 2 aliphatic heterocycles. The molecule has 1 amide bonds. The van der Waals surface area contributed by atoms with Gasteiger partial charge in [0.15, 0.2) is 11.5 Å². The topological polar surface area (TPSA) is 79.3 Å². The third-order valence-electron chi connectivity index (χ3n) is 6.70. The van der Waals surface area contributed by atoms with E-state index in [2.05, 4.69) is 25.7 Å². The zero-order valence-electron chi connectivity index (χ0n) is 19.7. The van der Waals surface area contributed by atoms with Gasteiger partial charge in [-0.2, -0.15) is 0 Å². The van der Waals surface area contributed by atoms with Gasteiger partial charge in [-0.25, -0.2) is 0 Å². The first-order chi connectivity index (χ1) is 15.5. The molecule has 1 N–H and O–H groups in total. The average molecular weight is 447 g/mol. The second-order valence-electron chi connectivity index (χ2n) is 8.96. The average Bonchev–Trinajstić information content (AvgIpc) is 3.38. The second-order valence-corrected chi connectivity index (χ2v) is 8.96. The Balaban J connectivity index is 1.81. The Hall–Kier alpha value is -2.28. The van der Waals surface area contributed by atoms with Gasteiger partial charge in [-0.1, -0.05) is 46.1 Å². The summed E-state index contributed by atoms with van der Waals surface area (Å²) in [7, 11) is 0. The number of amides is 1. The van der Waals surface area contributed by atoms with Crippen LogP contribution in [-0.4, -0.2) is 65.8 Å². The number of benzene rings is 1. The summed E-state index contributed by atoms with van der Waals surface area (Å²) in [4.78, 5) is 29.7. The van der Waals surface area contributed by atoms with Gasteiger partial charge >= 0.3 is 5.97 Å². The zero-order chi connectivity index (χ0) is 23.1. The zero-order valence-corrected chi connectivity index (χ0v) is 19.7. The third-order valence-corrected chi connectivity index (χ3v) is 6.70. The number of carboxylic acid groups (broad SMARTS) is 1. The Morgan fingerprint density at radius 2 is 1.75 bits per heavy atom. The molecule has 1 aromatic rings. The first kappa shape index (κ1) is 24.4. The summed E-state index contributed by atoms with van der Waals surface area (Å²) in [5, 5.41) is 10.2. The molecule has 32 heavy (non-hydrogen) atoms. The second kappa shape index (κ2) is 11.5. The molecule has 0 bridgehead atoms. The Morgan fingerprint density at radius 3 is 2.38 bits per heavy atom. The number of ether oxygens (including phenoxy) is 2.